The van der Waals surface area contributed by atoms with E-state index in [1.54, 1.807) is 0 Å². The molecule has 0 aliphatic carbocycles. The van der Waals surface area contributed by atoms with E-state index in [2.05, 4.69) is 40.0 Å². The molecular weight excluding hydrogens is 386 g/mol. The van der Waals surface area contributed by atoms with Crippen LogP contribution in [0, 0.1) is 0 Å². The van der Waals surface area contributed by atoms with Crippen LogP contribution in [0.5, 0.6) is 0 Å². The van der Waals surface area contributed by atoms with Crippen molar-refractivity contribution in [3.63, 3.8) is 0 Å². The Morgan fingerprint density at radius 1 is 0.692 bits per heavy atom. The van der Waals surface area contributed by atoms with Gasteiger partial charge in [0, 0.05) is 0 Å². The van der Waals surface area contributed by atoms with Crippen LogP contribution in [0.15, 0.2) is 12.2 Å². The van der Waals surface area contributed by atoms with Crippen LogP contribution in [0.3, 0.4) is 0 Å². The number of hydrogen-bond donors (Lipinski definition) is 0. The van der Waals surface area contributed by atoms with Crippen LogP contribution in [0.1, 0.15) is 111 Å². The maximum absolute atomic E-state index is 12.2. The third kappa shape index (κ3) is 15.0. The summed E-state index contributed by atoms with van der Waals surface area (Å²) in [6.07, 6.45) is 22.5. The number of nitrogens with zero attached hydrogens (tertiary/aromatic N) is 1. The van der Waals surface area contributed by atoms with Gasteiger partial charge in [-0.15, -0.1) is 0 Å². The molecule has 0 rings (SSSR count). The van der Waals surface area contributed by atoms with Gasteiger partial charge in [-0.2, -0.15) is 0 Å². The van der Waals surface area contributed by atoms with Crippen LogP contribution in [-0.4, -0.2) is 30.5 Å². The lowest BCUT2D eigenvalue weighted by Crippen LogP contribution is -3.00. The molecule has 0 saturated carbocycles. The quantitative estimate of drug-likeness (QED) is 0.193. The summed E-state index contributed by atoms with van der Waals surface area (Å²) in [5.41, 5.74) is 0. The van der Waals surface area contributed by atoms with Gasteiger partial charge in [-0.25, -0.2) is 4.79 Å². The molecule has 0 aliphatic heterocycles. The second-order valence-electron chi connectivity index (χ2n) is 7.76. The lowest BCUT2D eigenvalue weighted by Gasteiger charge is -2.28. The average molecular weight is 433 g/mol. The zero-order chi connectivity index (χ0) is 18.8. The molecule has 1 amide bonds. The van der Waals surface area contributed by atoms with Gasteiger partial charge in [-0.3, -0.25) is 4.48 Å². The maximum atomic E-state index is 12.2. The lowest BCUT2D eigenvalue weighted by atomic mass is 10.1. The monoisotopic (exact) mass is 431 g/mol. The Labute approximate surface area is 175 Å². The number of amides is 1. The second kappa shape index (κ2) is 19.6. The lowest BCUT2D eigenvalue weighted by molar-refractivity contribution is -0.831. The molecule has 0 unspecified atom stereocenters. The Balaban J connectivity index is 0. The SMILES string of the molecule is CCCCCCCCC=CCCCCCCCC(=O)[N+](C)(CC)CC.[Br-]. The third-order valence-electron chi connectivity index (χ3n) is 5.65. The van der Waals surface area contributed by atoms with E-state index in [0.29, 0.717) is 10.4 Å². The van der Waals surface area contributed by atoms with Gasteiger partial charge in [-0.05, 0) is 46.0 Å². The van der Waals surface area contributed by atoms with Gasteiger partial charge in [0.15, 0.2) is 0 Å². The fraction of sp³-hybridized carbons (Fsp3) is 0.870. The highest BCUT2D eigenvalue weighted by atomic mass is 79.9. The maximum Gasteiger partial charge on any atom is 0.313 e. The first kappa shape index (κ1) is 28.1. The minimum atomic E-state index is 0. The molecule has 0 aliphatic rings. The summed E-state index contributed by atoms with van der Waals surface area (Å²) in [5.74, 6) is 0.419. The van der Waals surface area contributed by atoms with Crippen molar-refractivity contribution in [2.75, 3.05) is 20.1 Å². The molecule has 3 heteroatoms. The number of allylic oxidation sites excluding steroid dienone is 2. The van der Waals surface area contributed by atoms with E-state index in [0.717, 1.165) is 25.9 Å². The van der Waals surface area contributed by atoms with Crippen molar-refractivity contribution in [3.05, 3.63) is 12.2 Å². The Bertz CT molecular complexity index is 337. The van der Waals surface area contributed by atoms with Gasteiger partial charge < -0.3 is 17.0 Å². The smallest absolute Gasteiger partial charge is 0.313 e. The standard InChI is InChI=1S/C23H46NO.BrH/c1-5-8-9-10-11-12-13-14-15-16-17-18-19-20-21-22-23(25)24(4,6-2)7-3;/h14-15H,5-13,16-22H2,1-4H3;1H/q+1;/p-1. The van der Waals surface area contributed by atoms with Crippen molar-refractivity contribution in [2.45, 2.75) is 111 Å². The van der Waals surface area contributed by atoms with E-state index in [9.17, 15) is 4.79 Å². The highest BCUT2D eigenvalue weighted by Crippen LogP contribution is 2.12. The molecule has 0 atom stereocenters. The van der Waals surface area contributed by atoms with Gasteiger partial charge in [0.05, 0.1) is 26.6 Å². The third-order valence-corrected chi connectivity index (χ3v) is 5.65. The van der Waals surface area contributed by atoms with Crippen molar-refractivity contribution in [3.8, 4) is 0 Å². The summed E-state index contributed by atoms with van der Waals surface area (Å²) >= 11 is 0. The van der Waals surface area contributed by atoms with Crippen LogP contribution >= 0.6 is 0 Å². The van der Waals surface area contributed by atoms with Crippen LogP contribution in [-0.2, 0) is 4.79 Å². The molecule has 0 N–H and O–H groups in total. The molecule has 156 valence electrons. The largest absolute Gasteiger partial charge is 1.00 e. The van der Waals surface area contributed by atoms with E-state index < -0.39 is 0 Å². The molecule has 0 radical (unpaired) electrons. The first-order valence-electron chi connectivity index (χ1n) is 11.1. The Morgan fingerprint density at radius 3 is 1.58 bits per heavy atom. The summed E-state index contributed by atoms with van der Waals surface area (Å²) in [7, 11) is 2.07. The molecule has 0 spiro atoms. The molecule has 0 bridgehead atoms. The van der Waals surface area contributed by atoms with E-state index >= 15 is 0 Å². The molecular formula is C23H46BrNO. The van der Waals surface area contributed by atoms with E-state index in [4.69, 9.17) is 0 Å². The molecule has 26 heavy (non-hydrogen) atoms. The van der Waals surface area contributed by atoms with E-state index in [-0.39, 0.29) is 17.0 Å². The molecule has 0 aromatic rings. The van der Waals surface area contributed by atoms with Gasteiger partial charge in [0.25, 0.3) is 0 Å². The summed E-state index contributed by atoms with van der Waals surface area (Å²) in [6, 6.07) is 0. The minimum Gasteiger partial charge on any atom is -1.00 e. The summed E-state index contributed by atoms with van der Waals surface area (Å²) < 4.78 is 0.601. The highest BCUT2D eigenvalue weighted by Gasteiger charge is 2.26. The van der Waals surface area contributed by atoms with Crippen molar-refractivity contribution < 1.29 is 26.3 Å². The highest BCUT2D eigenvalue weighted by molar-refractivity contribution is 5.68. The van der Waals surface area contributed by atoms with Gasteiger partial charge in [0.1, 0.15) is 0 Å². The van der Waals surface area contributed by atoms with E-state index in [1.165, 1.54) is 77.0 Å². The van der Waals surface area contributed by atoms with Crippen LogP contribution in [0.4, 0.5) is 0 Å². The predicted molar refractivity (Wildman–Crippen MR) is 112 cm³/mol. The zero-order valence-electron chi connectivity index (χ0n) is 18.2. The first-order valence-corrected chi connectivity index (χ1v) is 11.1. The topological polar surface area (TPSA) is 17.1 Å². The Morgan fingerprint density at radius 2 is 1.12 bits per heavy atom. The number of hydrogen-bond acceptors (Lipinski definition) is 1. The number of quaternary nitrogens is 1. The van der Waals surface area contributed by atoms with Crippen molar-refractivity contribution in [2.24, 2.45) is 0 Å². The molecule has 0 fully saturated rings. The summed E-state index contributed by atoms with van der Waals surface area (Å²) in [5, 5.41) is 0. The molecule has 0 heterocycles. The summed E-state index contributed by atoms with van der Waals surface area (Å²) in [4.78, 5) is 12.2. The molecule has 0 aromatic heterocycles. The zero-order valence-corrected chi connectivity index (χ0v) is 19.8. The fourth-order valence-electron chi connectivity index (χ4n) is 3.19. The van der Waals surface area contributed by atoms with Crippen LogP contribution in [0.25, 0.3) is 0 Å². The van der Waals surface area contributed by atoms with E-state index in [1.807, 2.05) is 0 Å². The first-order chi connectivity index (χ1) is 12.1. The van der Waals surface area contributed by atoms with Crippen LogP contribution < -0.4 is 17.0 Å². The number of halogens is 1. The van der Waals surface area contributed by atoms with Crippen molar-refractivity contribution >= 4 is 5.91 Å². The average Bonchev–Trinajstić information content (AvgIpc) is 2.63. The van der Waals surface area contributed by atoms with Crippen LogP contribution in [0.2, 0.25) is 0 Å². The normalized spacial score (nSPS) is 11.7. The molecule has 0 aromatic carbocycles. The van der Waals surface area contributed by atoms with Gasteiger partial charge in [-0.1, -0.05) is 70.4 Å². The summed E-state index contributed by atoms with van der Waals surface area (Å²) in [6.45, 7) is 8.33. The van der Waals surface area contributed by atoms with Crippen molar-refractivity contribution in [1.82, 2.24) is 0 Å². The molecule has 2 nitrogen and oxygen atoms in total. The Hall–Kier alpha value is -0.150. The Kier molecular flexibility index (Phi) is 21.2. The van der Waals surface area contributed by atoms with Gasteiger partial charge in [0.2, 0.25) is 0 Å². The number of carbonyl (C=O) groups excluding carboxylic acids is 1. The number of rotatable bonds is 17. The predicted octanol–water partition coefficient (Wildman–Crippen LogP) is 4.04. The van der Waals surface area contributed by atoms with Gasteiger partial charge >= 0.3 is 5.91 Å². The fourth-order valence-corrected chi connectivity index (χ4v) is 3.19. The molecule has 0 saturated heterocycles. The number of carbonyl (C=O) groups is 1. The minimum absolute atomic E-state index is 0. The second-order valence-corrected chi connectivity index (χ2v) is 7.76. The van der Waals surface area contributed by atoms with Crippen molar-refractivity contribution in [1.29, 1.82) is 0 Å². The number of unbranched alkanes of at least 4 members (excludes halogenated alkanes) is 11.